The quantitative estimate of drug-likeness (QED) is 0.857. The summed E-state index contributed by atoms with van der Waals surface area (Å²) in [6, 6.07) is 8.32. The van der Waals surface area contributed by atoms with E-state index in [9.17, 15) is 4.79 Å². The zero-order valence-electron chi connectivity index (χ0n) is 17.4. The van der Waals surface area contributed by atoms with Crippen LogP contribution in [0.5, 0.6) is 0 Å². The number of nitrogens with zero attached hydrogens (tertiary/aromatic N) is 4. The number of nitrogens with one attached hydrogen (secondary N) is 1. The molecule has 1 aromatic carbocycles. The van der Waals surface area contributed by atoms with Crippen LogP contribution in [0.4, 0.5) is 5.82 Å². The summed E-state index contributed by atoms with van der Waals surface area (Å²) in [5.74, 6) is 1.39. The van der Waals surface area contributed by atoms with Crippen molar-refractivity contribution >= 4 is 22.6 Å². The van der Waals surface area contributed by atoms with Gasteiger partial charge in [-0.05, 0) is 50.7 Å². The van der Waals surface area contributed by atoms with E-state index in [4.69, 9.17) is 0 Å². The fraction of sp³-hybridized carbons (Fsp3) is 0.565. The Kier molecular flexibility index (Phi) is 5.04. The van der Waals surface area contributed by atoms with E-state index < -0.39 is 0 Å². The molecule has 0 radical (unpaired) electrons. The van der Waals surface area contributed by atoms with Gasteiger partial charge >= 0.3 is 0 Å². The van der Waals surface area contributed by atoms with Crippen LogP contribution in [0.1, 0.15) is 51.9 Å². The standard InChI is InChI=1S/C23H31N5O/c1-2-21(28-20-10-6-3-7-17(20)11-12-22(28)29)26-13-15-27(16-14-26)23-18-8-4-5-9-19(18)24-25-23/h4-5,8-9,21H,2-3,6-7,10-16H2,1H3,(H,24,25). The molecule has 0 spiro atoms. The minimum absolute atomic E-state index is 0.198. The SMILES string of the molecule is CCC(N1CCN(c2n[nH]c3ccccc23)CC1)N1C(=O)CCC2=C1CCCC2. The molecule has 1 amide bonds. The van der Waals surface area contributed by atoms with E-state index in [1.54, 1.807) is 5.57 Å². The molecule has 1 atom stereocenters. The van der Waals surface area contributed by atoms with Crippen molar-refractivity contribution in [2.75, 3.05) is 31.1 Å². The average Bonchev–Trinajstić information content (AvgIpc) is 3.20. The lowest BCUT2D eigenvalue weighted by Gasteiger charge is -2.47. The highest BCUT2D eigenvalue weighted by molar-refractivity contribution is 5.90. The minimum atomic E-state index is 0.198. The molecular formula is C23H31N5O. The first kappa shape index (κ1) is 18.7. The summed E-state index contributed by atoms with van der Waals surface area (Å²) in [6.45, 7) is 6.04. The number of aromatic nitrogens is 2. The lowest BCUT2D eigenvalue weighted by atomic mass is 9.88. The van der Waals surface area contributed by atoms with Gasteiger partial charge in [0.15, 0.2) is 5.82 Å². The molecule has 2 aliphatic heterocycles. The van der Waals surface area contributed by atoms with Gasteiger partial charge in [0.25, 0.3) is 0 Å². The van der Waals surface area contributed by atoms with E-state index >= 15 is 0 Å². The molecule has 5 rings (SSSR count). The molecule has 2 aromatic rings. The zero-order chi connectivity index (χ0) is 19.8. The lowest BCUT2D eigenvalue weighted by Crippen LogP contribution is -2.57. The minimum Gasteiger partial charge on any atom is -0.352 e. The zero-order valence-corrected chi connectivity index (χ0v) is 17.4. The number of rotatable bonds is 4. The Morgan fingerprint density at radius 3 is 2.66 bits per heavy atom. The fourth-order valence-electron chi connectivity index (χ4n) is 5.41. The number of aromatic amines is 1. The number of carbonyl (C=O) groups excluding carboxylic acids is 1. The van der Waals surface area contributed by atoms with Gasteiger partial charge in [0, 0.05) is 43.7 Å². The Hall–Kier alpha value is -2.34. The van der Waals surface area contributed by atoms with Gasteiger partial charge in [-0.2, -0.15) is 5.10 Å². The van der Waals surface area contributed by atoms with Gasteiger partial charge in [-0.1, -0.05) is 24.6 Å². The first-order valence-corrected chi connectivity index (χ1v) is 11.2. The Morgan fingerprint density at radius 1 is 1.03 bits per heavy atom. The van der Waals surface area contributed by atoms with Gasteiger partial charge in [-0.3, -0.25) is 14.8 Å². The maximum atomic E-state index is 12.9. The molecular weight excluding hydrogens is 362 g/mol. The van der Waals surface area contributed by atoms with Crippen molar-refractivity contribution in [1.29, 1.82) is 0 Å². The molecule has 3 aliphatic rings. The number of H-pyrrole nitrogens is 1. The summed E-state index contributed by atoms with van der Waals surface area (Å²) in [7, 11) is 0. The third-order valence-electron chi connectivity index (χ3n) is 6.90. The Morgan fingerprint density at radius 2 is 1.83 bits per heavy atom. The molecule has 6 heteroatoms. The second-order valence-corrected chi connectivity index (χ2v) is 8.53. The van der Waals surface area contributed by atoms with Crippen molar-refractivity contribution in [3.8, 4) is 0 Å². The molecule has 1 unspecified atom stereocenters. The van der Waals surface area contributed by atoms with Crippen LogP contribution in [-0.2, 0) is 4.79 Å². The molecule has 1 aromatic heterocycles. The van der Waals surface area contributed by atoms with E-state index in [0.717, 1.165) is 56.8 Å². The topological polar surface area (TPSA) is 55.5 Å². The molecule has 3 heterocycles. The van der Waals surface area contributed by atoms with Crippen LogP contribution in [0.15, 0.2) is 35.5 Å². The highest BCUT2D eigenvalue weighted by Gasteiger charge is 2.36. The molecule has 6 nitrogen and oxygen atoms in total. The number of hydrogen-bond donors (Lipinski definition) is 1. The van der Waals surface area contributed by atoms with E-state index in [1.165, 1.54) is 30.3 Å². The number of fused-ring (bicyclic) bond motifs is 1. The molecule has 1 fully saturated rings. The molecule has 1 aliphatic carbocycles. The van der Waals surface area contributed by atoms with Crippen LogP contribution < -0.4 is 4.90 Å². The van der Waals surface area contributed by atoms with Crippen molar-refractivity contribution in [2.24, 2.45) is 0 Å². The van der Waals surface area contributed by atoms with E-state index in [0.29, 0.717) is 12.3 Å². The number of anilines is 1. The van der Waals surface area contributed by atoms with E-state index in [1.807, 2.05) is 6.07 Å². The molecule has 1 N–H and O–H groups in total. The summed E-state index contributed by atoms with van der Waals surface area (Å²) in [6.07, 6.45) is 7.63. The number of hydrogen-bond acceptors (Lipinski definition) is 4. The van der Waals surface area contributed by atoms with Gasteiger partial charge in [0.1, 0.15) is 0 Å². The number of carbonyl (C=O) groups is 1. The van der Waals surface area contributed by atoms with Gasteiger partial charge in [0.05, 0.1) is 11.7 Å². The Labute approximate surface area is 172 Å². The van der Waals surface area contributed by atoms with Crippen LogP contribution in [0, 0.1) is 0 Å². The summed E-state index contributed by atoms with van der Waals surface area (Å²) >= 11 is 0. The van der Waals surface area contributed by atoms with Crippen molar-refractivity contribution in [3.05, 3.63) is 35.5 Å². The maximum absolute atomic E-state index is 12.9. The normalized spacial score (nSPS) is 22.3. The molecule has 0 bridgehead atoms. The third kappa shape index (κ3) is 3.33. The van der Waals surface area contributed by atoms with Crippen LogP contribution in [0.25, 0.3) is 10.9 Å². The van der Waals surface area contributed by atoms with Gasteiger partial charge in [-0.25, -0.2) is 0 Å². The molecule has 1 saturated heterocycles. The summed E-state index contributed by atoms with van der Waals surface area (Å²) in [4.78, 5) is 20.0. The second kappa shape index (κ2) is 7.82. The van der Waals surface area contributed by atoms with Crippen molar-refractivity contribution < 1.29 is 4.79 Å². The van der Waals surface area contributed by atoms with Gasteiger partial charge in [-0.15, -0.1) is 0 Å². The highest BCUT2D eigenvalue weighted by Crippen LogP contribution is 2.37. The third-order valence-corrected chi connectivity index (χ3v) is 6.90. The van der Waals surface area contributed by atoms with Crippen molar-refractivity contribution in [3.63, 3.8) is 0 Å². The predicted octanol–water partition coefficient (Wildman–Crippen LogP) is 3.87. The van der Waals surface area contributed by atoms with Gasteiger partial charge < -0.3 is 9.80 Å². The molecule has 154 valence electrons. The fourth-order valence-corrected chi connectivity index (χ4v) is 5.41. The largest absolute Gasteiger partial charge is 0.352 e. The number of piperazine rings is 1. The van der Waals surface area contributed by atoms with Crippen LogP contribution in [-0.4, -0.2) is 58.2 Å². The van der Waals surface area contributed by atoms with Crippen LogP contribution in [0.3, 0.4) is 0 Å². The van der Waals surface area contributed by atoms with E-state index in [2.05, 4.69) is 50.0 Å². The Bertz CT molecular complexity index is 924. The summed E-state index contributed by atoms with van der Waals surface area (Å²) in [5, 5.41) is 8.92. The molecule has 29 heavy (non-hydrogen) atoms. The Balaban J connectivity index is 1.33. The van der Waals surface area contributed by atoms with Gasteiger partial charge in [0.2, 0.25) is 5.91 Å². The number of amides is 1. The van der Waals surface area contributed by atoms with Crippen LogP contribution in [0.2, 0.25) is 0 Å². The smallest absolute Gasteiger partial charge is 0.228 e. The monoisotopic (exact) mass is 393 g/mol. The first-order chi connectivity index (χ1) is 14.3. The number of allylic oxidation sites excluding steroid dienone is 2. The summed E-state index contributed by atoms with van der Waals surface area (Å²) in [5.41, 5.74) is 4.00. The van der Waals surface area contributed by atoms with E-state index in [-0.39, 0.29) is 6.17 Å². The second-order valence-electron chi connectivity index (χ2n) is 8.53. The first-order valence-electron chi connectivity index (χ1n) is 11.2. The summed E-state index contributed by atoms with van der Waals surface area (Å²) < 4.78 is 0. The molecule has 0 saturated carbocycles. The van der Waals surface area contributed by atoms with Crippen molar-refractivity contribution in [2.45, 2.75) is 58.0 Å². The average molecular weight is 394 g/mol. The van der Waals surface area contributed by atoms with Crippen LogP contribution >= 0.6 is 0 Å². The number of benzene rings is 1. The maximum Gasteiger partial charge on any atom is 0.228 e. The highest BCUT2D eigenvalue weighted by atomic mass is 16.2. The number of para-hydroxylation sites is 1. The van der Waals surface area contributed by atoms with Crippen molar-refractivity contribution in [1.82, 2.24) is 20.0 Å². The lowest BCUT2D eigenvalue weighted by molar-refractivity contribution is -0.136. The predicted molar refractivity (Wildman–Crippen MR) is 116 cm³/mol.